The normalized spacial score (nSPS) is 15.5. The number of hydrogen-bond donors (Lipinski definition) is 1. The Bertz CT molecular complexity index is 1140. The van der Waals surface area contributed by atoms with Gasteiger partial charge in [-0.1, -0.05) is 48.4 Å². The largest absolute Gasteiger partial charge is 0.253 e. The zero-order valence-electron chi connectivity index (χ0n) is 16.2. The van der Waals surface area contributed by atoms with Crippen molar-refractivity contribution in [2.24, 2.45) is 5.10 Å². The molecule has 1 aromatic heterocycles. The van der Waals surface area contributed by atoms with Gasteiger partial charge >= 0.3 is 0 Å². The van der Waals surface area contributed by atoms with Crippen molar-refractivity contribution >= 4 is 44.3 Å². The highest BCUT2D eigenvalue weighted by Crippen LogP contribution is 2.27. The number of hydrazone groups is 1. The summed E-state index contributed by atoms with van der Waals surface area (Å²) in [5, 5.41) is 7.35. The van der Waals surface area contributed by atoms with Crippen LogP contribution in [0.3, 0.4) is 0 Å². The molecule has 0 atom stereocenters. The van der Waals surface area contributed by atoms with Crippen molar-refractivity contribution in [3.8, 4) is 11.3 Å². The average Bonchev–Trinajstić information content (AvgIpc) is 3.25. The highest BCUT2D eigenvalue weighted by atomic mass is 35.5. The molecule has 0 saturated carbocycles. The van der Waals surface area contributed by atoms with Crippen molar-refractivity contribution in [2.45, 2.75) is 24.2 Å². The van der Waals surface area contributed by atoms with Crippen LogP contribution in [0.2, 0.25) is 5.02 Å². The van der Waals surface area contributed by atoms with Crippen LogP contribution in [0.1, 0.15) is 24.8 Å². The molecule has 2 heterocycles. The third kappa shape index (κ3) is 4.73. The number of hydrogen-bond acceptors (Lipinski definition) is 6. The predicted molar refractivity (Wildman–Crippen MR) is 123 cm³/mol. The Morgan fingerprint density at radius 1 is 1.07 bits per heavy atom. The molecule has 156 valence electrons. The molecular formula is C21H21ClN4O2S2. The smallest absolute Gasteiger partial charge is 0.243 e. The molecule has 3 aromatic rings. The summed E-state index contributed by atoms with van der Waals surface area (Å²) in [5.74, 6) is 0. The molecule has 9 heteroatoms. The number of anilines is 1. The van der Waals surface area contributed by atoms with Crippen molar-refractivity contribution in [3.05, 3.63) is 64.5 Å². The minimum atomic E-state index is -3.42. The number of benzene rings is 2. The van der Waals surface area contributed by atoms with Crippen molar-refractivity contribution in [3.63, 3.8) is 0 Å². The minimum Gasteiger partial charge on any atom is -0.253 e. The lowest BCUT2D eigenvalue weighted by atomic mass is 10.2. The van der Waals surface area contributed by atoms with Gasteiger partial charge in [0, 0.05) is 34.6 Å². The van der Waals surface area contributed by atoms with E-state index in [0.29, 0.717) is 28.1 Å². The van der Waals surface area contributed by atoms with E-state index in [9.17, 15) is 8.42 Å². The van der Waals surface area contributed by atoms with Crippen molar-refractivity contribution in [2.75, 3.05) is 18.5 Å². The van der Waals surface area contributed by atoms with Crippen LogP contribution in [0.15, 0.2) is 63.9 Å². The number of halogens is 1. The molecule has 1 aliphatic rings. The van der Waals surface area contributed by atoms with Gasteiger partial charge in [0.1, 0.15) is 0 Å². The molecule has 30 heavy (non-hydrogen) atoms. The van der Waals surface area contributed by atoms with Crippen LogP contribution >= 0.6 is 22.9 Å². The lowest BCUT2D eigenvalue weighted by Crippen LogP contribution is -2.35. The molecule has 6 nitrogen and oxygen atoms in total. The summed E-state index contributed by atoms with van der Waals surface area (Å²) in [6, 6.07) is 14.3. The van der Waals surface area contributed by atoms with Gasteiger partial charge in [-0.05, 0) is 31.0 Å². The number of piperidine rings is 1. The van der Waals surface area contributed by atoms with Crippen LogP contribution in [0.4, 0.5) is 5.13 Å². The molecule has 0 bridgehead atoms. The molecule has 1 fully saturated rings. The second kappa shape index (κ2) is 9.26. The van der Waals surface area contributed by atoms with Crippen LogP contribution in [-0.4, -0.2) is 37.0 Å². The number of rotatable bonds is 6. The van der Waals surface area contributed by atoms with E-state index in [1.165, 1.54) is 11.3 Å². The Morgan fingerprint density at radius 3 is 2.53 bits per heavy atom. The summed E-state index contributed by atoms with van der Waals surface area (Å²) >= 11 is 7.53. The fraction of sp³-hybridized carbons (Fsp3) is 0.238. The molecule has 1 aliphatic heterocycles. The van der Waals surface area contributed by atoms with Gasteiger partial charge in [0.15, 0.2) is 0 Å². The molecule has 1 saturated heterocycles. The van der Waals surface area contributed by atoms with Gasteiger partial charge < -0.3 is 0 Å². The topological polar surface area (TPSA) is 74.7 Å². The predicted octanol–water partition coefficient (Wildman–Crippen LogP) is 5.08. The van der Waals surface area contributed by atoms with Gasteiger partial charge in [-0.25, -0.2) is 13.4 Å². The molecule has 4 rings (SSSR count). The number of thiazole rings is 1. The molecular weight excluding hydrogens is 440 g/mol. The maximum absolute atomic E-state index is 12.8. The van der Waals surface area contributed by atoms with Gasteiger partial charge in [-0.2, -0.15) is 9.41 Å². The quantitative estimate of drug-likeness (QED) is 0.411. The summed E-state index contributed by atoms with van der Waals surface area (Å²) in [6.07, 6.45) is 4.58. The third-order valence-electron chi connectivity index (χ3n) is 4.88. The monoisotopic (exact) mass is 460 g/mol. The fourth-order valence-electron chi connectivity index (χ4n) is 3.25. The van der Waals surface area contributed by atoms with E-state index < -0.39 is 10.0 Å². The Morgan fingerprint density at radius 2 is 1.80 bits per heavy atom. The van der Waals surface area contributed by atoms with Crippen molar-refractivity contribution in [1.82, 2.24) is 9.29 Å². The van der Waals surface area contributed by atoms with Gasteiger partial charge in [0.05, 0.1) is 16.8 Å². The Kier molecular flexibility index (Phi) is 6.48. The third-order valence-corrected chi connectivity index (χ3v) is 7.88. The fourth-order valence-corrected chi connectivity index (χ4v) is 5.62. The highest BCUT2D eigenvalue weighted by Gasteiger charge is 2.25. The zero-order valence-corrected chi connectivity index (χ0v) is 18.6. The molecule has 0 aliphatic carbocycles. The van der Waals surface area contributed by atoms with Crippen LogP contribution in [0.5, 0.6) is 0 Å². The summed E-state index contributed by atoms with van der Waals surface area (Å²) in [7, 11) is -3.42. The Labute approximate surface area is 185 Å². The van der Waals surface area contributed by atoms with Gasteiger partial charge in [0.2, 0.25) is 15.2 Å². The van der Waals surface area contributed by atoms with E-state index in [-0.39, 0.29) is 0 Å². The van der Waals surface area contributed by atoms with Gasteiger partial charge in [0.25, 0.3) is 0 Å². The van der Waals surface area contributed by atoms with E-state index >= 15 is 0 Å². The van der Waals surface area contributed by atoms with E-state index in [2.05, 4.69) is 15.5 Å². The first-order valence-corrected chi connectivity index (χ1v) is 12.3. The molecule has 0 spiro atoms. The lowest BCUT2D eigenvalue weighted by Gasteiger charge is -2.25. The van der Waals surface area contributed by atoms with Crippen molar-refractivity contribution < 1.29 is 8.42 Å². The lowest BCUT2D eigenvalue weighted by molar-refractivity contribution is 0.346. The molecule has 0 amide bonds. The van der Waals surface area contributed by atoms with Crippen LogP contribution in [0.25, 0.3) is 11.3 Å². The first-order valence-electron chi connectivity index (χ1n) is 9.64. The average molecular weight is 461 g/mol. The number of nitrogens with one attached hydrogen (secondary N) is 1. The zero-order chi connectivity index (χ0) is 21.0. The molecule has 0 unspecified atom stereocenters. The highest BCUT2D eigenvalue weighted by molar-refractivity contribution is 7.89. The summed E-state index contributed by atoms with van der Waals surface area (Å²) in [5.41, 5.74) is 5.33. The maximum atomic E-state index is 12.8. The second-order valence-electron chi connectivity index (χ2n) is 6.92. The van der Waals surface area contributed by atoms with E-state index in [1.54, 1.807) is 40.9 Å². The van der Waals surface area contributed by atoms with Crippen LogP contribution in [-0.2, 0) is 10.0 Å². The Hall–Kier alpha value is -2.26. The number of aromatic nitrogens is 1. The maximum Gasteiger partial charge on any atom is 0.243 e. The number of nitrogens with zero attached hydrogens (tertiary/aromatic N) is 3. The van der Waals surface area contributed by atoms with E-state index in [4.69, 9.17) is 11.6 Å². The van der Waals surface area contributed by atoms with Gasteiger partial charge in [-0.15, -0.1) is 11.3 Å². The van der Waals surface area contributed by atoms with E-state index in [1.807, 2.05) is 23.6 Å². The first kappa shape index (κ1) is 21.0. The van der Waals surface area contributed by atoms with Crippen molar-refractivity contribution in [1.29, 1.82) is 0 Å². The first-order chi connectivity index (χ1) is 14.5. The van der Waals surface area contributed by atoms with E-state index in [0.717, 1.165) is 36.1 Å². The minimum absolute atomic E-state index is 0.325. The SMILES string of the molecule is O=S(=O)(c1ccc(-c2csc(N/N=C/c3ccccc3Cl)n2)cc1)N1CCCCC1. The second-order valence-corrected chi connectivity index (χ2v) is 10.1. The summed E-state index contributed by atoms with van der Waals surface area (Å²) in [6.45, 7) is 1.19. The summed E-state index contributed by atoms with van der Waals surface area (Å²) < 4.78 is 27.1. The van der Waals surface area contributed by atoms with Crippen LogP contribution < -0.4 is 5.43 Å². The summed E-state index contributed by atoms with van der Waals surface area (Å²) in [4.78, 5) is 4.84. The standard InChI is InChI=1S/C21H21ClN4O2S2/c22-19-7-3-2-6-17(19)14-23-25-21-24-20(15-29-21)16-8-10-18(11-9-16)30(27,28)26-12-4-1-5-13-26/h2-3,6-11,14-15H,1,4-5,12-13H2,(H,24,25)/b23-14+. The molecule has 0 radical (unpaired) electrons. The molecule has 1 N–H and O–H groups in total. The van der Waals surface area contributed by atoms with Gasteiger partial charge in [-0.3, -0.25) is 5.43 Å². The van der Waals surface area contributed by atoms with Crippen LogP contribution in [0, 0.1) is 0 Å². The number of sulfonamides is 1. The molecule has 2 aromatic carbocycles. The Balaban J connectivity index is 1.44.